The molecule has 0 aliphatic heterocycles. The lowest BCUT2D eigenvalue weighted by molar-refractivity contribution is 0.708. The van der Waals surface area contributed by atoms with Crippen LogP contribution >= 0.6 is 0 Å². The minimum atomic E-state index is 0.813. The molecule has 21 heavy (non-hydrogen) atoms. The van der Waals surface area contributed by atoms with E-state index in [-0.39, 0.29) is 0 Å². The van der Waals surface area contributed by atoms with Crippen LogP contribution in [0.3, 0.4) is 0 Å². The van der Waals surface area contributed by atoms with Crippen LogP contribution in [0.2, 0.25) is 0 Å². The smallest absolute Gasteiger partial charge is 0.132 e. The molecule has 3 rings (SSSR count). The van der Waals surface area contributed by atoms with Crippen LogP contribution in [0.1, 0.15) is 36.1 Å². The summed E-state index contributed by atoms with van der Waals surface area (Å²) in [5.41, 5.74) is 10.4. The Bertz CT molecular complexity index is 592. The van der Waals surface area contributed by atoms with Gasteiger partial charge in [0.25, 0.3) is 0 Å². The van der Waals surface area contributed by atoms with Crippen molar-refractivity contribution in [2.24, 2.45) is 0 Å². The van der Waals surface area contributed by atoms with E-state index >= 15 is 0 Å². The van der Waals surface area contributed by atoms with Crippen molar-refractivity contribution < 1.29 is 0 Å². The molecule has 1 aliphatic carbocycles. The standard InChI is InChI=1S/C17H22N4/c18-14-8-6-13(7-9-14)10-11-19-17-15-4-2-1-3-5-16(15)20-12-21-17/h6-9,12H,1-5,10-11,18H2,(H,19,20,21). The number of nitrogens with two attached hydrogens (primary N) is 1. The predicted octanol–water partition coefficient (Wildman–Crippen LogP) is 2.98. The SMILES string of the molecule is Nc1ccc(CCNc2ncnc3c2CCCCC3)cc1. The van der Waals surface area contributed by atoms with Crippen LogP contribution in [0.4, 0.5) is 11.5 Å². The number of anilines is 2. The molecular weight excluding hydrogens is 260 g/mol. The average molecular weight is 282 g/mol. The van der Waals surface area contributed by atoms with Gasteiger partial charge in [0.2, 0.25) is 0 Å². The molecule has 0 amide bonds. The molecule has 4 nitrogen and oxygen atoms in total. The first-order valence-corrected chi connectivity index (χ1v) is 7.74. The number of aryl methyl sites for hydroxylation is 1. The van der Waals surface area contributed by atoms with Crippen LogP contribution in [-0.2, 0) is 19.3 Å². The van der Waals surface area contributed by atoms with Crippen molar-refractivity contribution in [2.45, 2.75) is 38.5 Å². The maximum atomic E-state index is 5.70. The Labute approximate surface area is 125 Å². The lowest BCUT2D eigenvalue weighted by Gasteiger charge is -2.12. The van der Waals surface area contributed by atoms with Gasteiger partial charge in [-0.05, 0) is 49.8 Å². The highest BCUT2D eigenvalue weighted by Gasteiger charge is 2.13. The molecule has 0 radical (unpaired) electrons. The summed E-state index contributed by atoms with van der Waals surface area (Å²) in [4.78, 5) is 8.89. The lowest BCUT2D eigenvalue weighted by Crippen LogP contribution is -2.10. The van der Waals surface area contributed by atoms with E-state index in [2.05, 4.69) is 27.4 Å². The van der Waals surface area contributed by atoms with Crippen LogP contribution in [0, 0.1) is 0 Å². The fourth-order valence-electron chi connectivity index (χ4n) is 2.86. The van der Waals surface area contributed by atoms with E-state index in [1.807, 2.05) is 12.1 Å². The summed E-state index contributed by atoms with van der Waals surface area (Å²) in [5.74, 6) is 1.03. The summed E-state index contributed by atoms with van der Waals surface area (Å²) >= 11 is 0. The summed E-state index contributed by atoms with van der Waals surface area (Å²) in [6, 6.07) is 8.06. The Balaban J connectivity index is 1.64. The Hall–Kier alpha value is -2.10. The van der Waals surface area contributed by atoms with E-state index in [0.29, 0.717) is 0 Å². The maximum Gasteiger partial charge on any atom is 0.132 e. The summed E-state index contributed by atoms with van der Waals surface area (Å²) in [6.07, 6.45) is 8.63. The van der Waals surface area contributed by atoms with Crippen molar-refractivity contribution in [3.05, 3.63) is 47.4 Å². The zero-order valence-electron chi connectivity index (χ0n) is 12.3. The molecule has 0 unspecified atom stereocenters. The van der Waals surface area contributed by atoms with E-state index in [4.69, 9.17) is 5.73 Å². The maximum absolute atomic E-state index is 5.70. The largest absolute Gasteiger partial charge is 0.399 e. The first-order valence-electron chi connectivity index (χ1n) is 7.74. The van der Waals surface area contributed by atoms with E-state index in [9.17, 15) is 0 Å². The molecule has 0 fully saturated rings. The molecule has 1 aliphatic rings. The van der Waals surface area contributed by atoms with E-state index < -0.39 is 0 Å². The molecule has 110 valence electrons. The number of aromatic nitrogens is 2. The zero-order chi connectivity index (χ0) is 14.5. The number of benzene rings is 1. The Morgan fingerprint density at radius 1 is 1.00 bits per heavy atom. The molecule has 0 atom stereocenters. The second-order valence-corrected chi connectivity index (χ2v) is 5.63. The van der Waals surface area contributed by atoms with E-state index in [0.717, 1.165) is 37.3 Å². The van der Waals surface area contributed by atoms with Gasteiger partial charge in [0.1, 0.15) is 12.1 Å². The quantitative estimate of drug-likeness (QED) is 0.668. The number of nitrogens with zero attached hydrogens (tertiary/aromatic N) is 2. The van der Waals surface area contributed by atoms with Crippen molar-refractivity contribution >= 4 is 11.5 Å². The Morgan fingerprint density at radius 2 is 1.81 bits per heavy atom. The minimum Gasteiger partial charge on any atom is -0.399 e. The number of nitrogen functional groups attached to an aromatic ring is 1. The van der Waals surface area contributed by atoms with Crippen LogP contribution in [0.5, 0.6) is 0 Å². The summed E-state index contributed by atoms with van der Waals surface area (Å²) in [5, 5.41) is 3.48. The highest BCUT2D eigenvalue weighted by Crippen LogP contribution is 2.23. The van der Waals surface area contributed by atoms with Crippen molar-refractivity contribution in [3.63, 3.8) is 0 Å². The molecule has 1 aromatic carbocycles. The third-order valence-corrected chi connectivity index (χ3v) is 4.06. The fourth-order valence-corrected chi connectivity index (χ4v) is 2.86. The molecule has 0 bridgehead atoms. The molecule has 2 aromatic rings. The van der Waals surface area contributed by atoms with E-state index in [1.54, 1.807) is 6.33 Å². The van der Waals surface area contributed by atoms with Crippen molar-refractivity contribution in [1.82, 2.24) is 9.97 Å². The minimum absolute atomic E-state index is 0.813. The number of hydrogen-bond acceptors (Lipinski definition) is 4. The highest BCUT2D eigenvalue weighted by molar-refractivity contribution is 5.47. The number of nitrogens with one attached hydrogen (secondary N) is 1. The van der Waals surface area contributed by atoms with E-state index in [1.165, 1.54) is 36.1 Å². The molecule has 1 aromatic heterocycles. The van der Waals surface area contributed by atoms with Crippen molar-refractivity contribution in [3.8, 4) is 0 Å². The zero-order valence-corrected chi connectivity index (χ0v) is 12.3. The van der Waals surface area contributed by atoms with Crippen LogP contribution in [-0.4, -0.2) is 16.5 Å². The van der Waals surface area contributed by atoms with Crippen molar-refractivity contribution in [2.75, 3.05) is 17.6 Å². The number of hydrogen-bond donors (Lipinski definition) is 2. The second kappa shape index (κ2) is 6.57. The van der Waals surface area contributed by atoms with Gasteiger partial charge in [0.05, 0.1) is 0 Å². The normalized spacial score (nSPS) is 14.3. The topological polar surface area (TPSA) is 63.8 Å². The molecule has 0 saturated heterocycles. The Kier molecular flexibility index (Phi) is 4.34. The third-order valence-electron chi connectivity index (χ3n) is 4.06. The third kappa shape index (κ3) is 3.51. The van der Waals surface area contributed by atoms with Gasteiger partial charge in [-0.1, -0.05) is 18.6 Å². The summed E-state index contributed by atoms with van der Waals surface area (Å²) in [6.45, 7) is 0.882. The fraction of sp³-hybridized carbons (Fsp3) is 0.412. The van der Waals surface area contributed by atoms with Gasteiger partial charge >= 0.3 is 0 Å². The molecule has 3 N–H and O–H groups in total. The summed E-state index contributed by atoms with van der Waals surface area (Å²) in [7, 11) is 0. The lowest BCUT2D eigenvalue weighted by atomic mass is 10.1. The van der Waals surface area contributed by atoms with Crippen LogP contribution in [0.25, 0.3) is 0 Å². The van der Waals surface area contributed by atoms with Gasteiger partial charge in [-0.25, -0.2) is 9.97 Å². The highest BCUT2D eigenvalue weighted by atomic mass is 15.0. The van der Waals surface area contributed by atoms with Crippen LogP contribution in [0.15, 0.2) is 30.6 Å². The predicted molar refractivity (Wildman–Crippen MR) is 86.3 cm³/mol. The second-order valence-electron chi connectivity index (χ2n) is 5.63. The van der Waals surface area contributed by atoms with Gasteiger partial charge in [-0.2, -0.15) is 0 Å². The monoisotopic (exact) mass is 282 g/mol. The molecule has 0 spiro atoms. The first-order chi connectivity index (χ1) is 10.3. The van der Waals surface area contributed by atoms with Crippen molar-refractivity contribution in [1.29, 1.82) is 0 Å². The Morgan fingerprint density at radius 3 is 2.67 bits per heavy atom. The van der Waals surface area contributed by atoms with Gasteiger partial charge in [0.15, 0.2) is 0 Å². The average Bonchev–Trinajstić information content (AvgIpc) is 2.75. The first kappa shape index (κ1) is 13.9. The number of fused-ring (bicyclic) bond motifs is 1. The molecular formula is C17H22N4. The molecule has 1 heterocycles. The van der Waals surface area contributed by atoms with Crippen LogP contribution < -0.4 is 11.1 Å². The van der Waals surface area contributed by atoms with Gasteiger partial charge < -0.3 is 11.1 Å². The van der Waals surface area contributed by atoms with Gasteiger partial charge in [-0.3, -0.25) is 0 Å². The molecule has 0 saturated carbocycles. The number of rotatable bonds is 4. The molecule has 4 heteroatoms. The summed E-state index contributed by atoms with van der Waals surface area (Å²) < 4.78 is 0. The van der Waals surface area contributed by atoms with Gasteiger partial charge in [-0.15, -0.1) is 0 Å². The van der Waals surface area contributed by atoms with Gasteiger partial charge in [0, 0.05) is 23.5 Å².